The van der Waals surface area contributed by atoms with Crippen LogP contribution in [0.15, 0.2) is 66.7 Å². The molecule has 7 heteroatoms. The number of hydrogen-bond acceptors (Lipinski definition) is 6. The van der Waals surface area contributed by atoms with Crippen LogP contribution in [0.25, 0.3) is 0 Å². The molecular weight excluding hydrogens is 514 g/mol. The van der Waals surface area contributed by atoms with Gasteiger partial charge in [0.05, 0.1) is 25.4 Å². The molecule has 212 valence electrons. The maximum atomic E-state index is 12.0. The average Bonchev–Trinajstić information content (AvgIpc) is 3.24. The van der Waals surface area contributed by atoms with E-state index in [-0.39, 0.29) is 23.2 Å². The molecule has 4 rings (SSSR count). The van der Waals surface area contributed by atoms with Gasteiger partial charge < -0.3 is 19.7 Å². The summed E-state index contributed by atoms with van der Waals surface area (Å²) in [5.74, 6) is -0.0594. The number of hydrogen-bond donors (Lipinski definition) is 2. The molecule has 2 aromatic rings. The van der Waals surface area contributed by atoms with E-state index in [9.17, 15) is 15.0 Å². The van der Waals surface area contributed by atoms with Gasteiger partial charge >= 0.3 is 5.97 Å². The molecule has 1 heterocycles. The summed E-state index contributed by atoms with van der Waals surface area (Å²) in [5.41, 5.74) is 3.02. The van der Waals surface area contributed by atoms with Gasteiger partial charge in [0.2, 0.25) is 0 Å². The van der Waals surface area contributed by atoms with Gasteiger partial charge in [0.1, 0.15) is 6.61 Å². The zero-order valence-electron chi connectivity index (χ0n) is 22.7. The highest BCUT2D eigenvalue weighted by Crippen LogP contribution is 2.45. The van der Waals surface area contributed by atoms with Crippen LogP contribution in [0.2, 0.25) is 0 Å². The molecule has 0 spiro atoms. The number of halogens is 1. The number of benzene rings is 2. The van der Waals surface area contributed by atoms with Crippen LogP contribution in [-0.4, -0.2) is 72.0 Å². The molecule has 1 saturated heterocycles. The van der Waals surface area contributed by atoms with E-state index in [4.69, 9.17) is 21.1 Å². The smallest absolute Gasteiger partial charge is 0.305 e. The van der Waals surface area contributed by atoms with Crippen LogP contribution < -0.4 is 0 Å². The molecule has 1 aliphatic carbocycles. The first kappa shape index (κ1) is 29.8. The maximum Gasteiger partial charge on any atom is 0.305 e. The first-order valence-corrected chi connectivity index (χ1v) is 14.7. The van der Waals surface area contributed by atoms with Crippen molar-refractivity contribution in [2.45, 2.75) is 62.0 Å². The van der Waals surface area contributed by atoms with Gasteiger partial charge in [-0.1, -0.05) is 66.7 Å². The summed E-state index contributed by atoms with van der Waals surface area (Å²) >= 11 is 6.67. The molecule has 39 heavy (non-hydrogen) atoms. The highest BCUT2D eigenvalue weighted by Gasteiger charge is 2.41. The third kappa shape index (κ3) is 9.16. The van der Waals surface area contributed by atoms with E-state index in [0.29, 0.717) is 25.9 Å². The maximum absolute atomic E-state index is 12.0. The molecule has 2 fully saturated rings. The summed E-state index contributed by atoms with van der Waals surface area (Å²) in [6.45, 7) is 4.49. The largest absolute Gasteiger partial charge is 0.464 e. The molecule has 6 nitrogen and oxygen atoms in total. The Morgan fingerprint density at radius 2 is 1.85 bits per heavy atom. The highest BCUT2D eigenvalue weighted by atomic mass is 35.5. The van der Waals surface area contributed by atoms with Gasteiger partial charge in [-0.25, -0.2) is 0 Å². The molecule has 0 radical (unpaired) electrons. The number of aliphatic hydroxyl groups is 2. The van der Waals surface area contributed by atoms with Crippen molar-refractivity contribution in [1.29, 1.82) is 0 Å². The second-order valence-electron chi connectivity index (χ2n) is 10.7. The summed E-state index contributed by atoms with van der Waals surface area (Å²) < 4.78 is 10.7. The van der Waals surface area contributed by atoms with Crippen LogP contribution in [0.3, 0.4) is 0 Å². The van der Waals surface area contributed by atoms with Gasteiger partial charge in [-0.05, 0) is 48.3 Å². The zero-order chi connectivity index (χ0) is 27.5. The minimum atomic E-state index is -0.573. The van der Waals surface area contributed by atoms with Crippen molar-refractivity contribution in [3.8, 4) is 0 Å². The number of alkyl halides is 1. The van der Waals surface area contributed by atoms with Crippen molar-refractivity contribution in [2.75, 3.05) is 39.5 Å². The molecule has 1 saturated carbocycles. The van der Waals surface area contributed by atoms with Gasteiger partial charge in [-0.15, -0.1) is 11.6 Å². The minimum Gasteiger partial charge on any atom is -0.464 e. The Morgan fingerprint density at radius 3 is 2.59 bits per heavy atom. The van der Waals surface area contributed by atoms with Gasteiger partial charge in [-0.2, -0.15) is 0 Å². The fraction of sp³-hybridized carbons (Fsp3) is 0.531. The van der Waals surface area contributed by atoms with Gasteiger partial charge in [0.15, 0.2) is 0 Å². The van der Waals surface area contributed by atoms with Gasteiger partial charge in [0, 0.05) is 43.8 Å². The zero-order valence-corrected chi connectivity index (χ0v) is 23.4. The molecule has 1 unspecified atom stereocenters. The molecule has 0 aromatic heterocycles. The number of rotatable bonds is 13. The number of unbranched alkanes of at least 4 members (excludes halogenated alkanes) is 1. The second kappa shape index (κ2) is 15.5. The average molecular weight is 556 g/mol. The number of ether oxygens (including phenoxy) is 2. The summed E-state index contributed by atoms with van der Waals surface area (Å²) in [6.07, 6.45) is 7.06. The van der Waals surface area contributed by atoms with Crippen LogP contribution in [0, 0.1) is 5.92 Å². The third-order valence-corrected chi connectivity index (χ3v) is 8.39. The Morgan fingerprint density at radius 1 is 1.10 bits per heavy atom. The van der Waals surface area contributed by atoms with Crippen LogP contribution in [-0.2, 0) is 20.7 Å². The van der Waals surface area contributed by atoms with E-state index in [0.717, 1.165) is 68.8 Å². The van der Waals surface area contributed by atoms with Crippen molar-refractivity contribution < 1.29 is 24.5 Å². The van der Waals surface area contributed by atoms with Crippen molar-refractivity contribution in [2.24, 2.45) is 5.92 Å². The van der Waals surface area contributed by atoms with Crippen LogP contribution in [0.5, 0.6) is 0 Å². The van der Waals surface area contributed by atoms with Crippen molar-refractivity contribution in [3.05, 3.63) is 83.4 Å². The first-order valence-electron chi connectivity index (χ1n) is 14.3. The fourth-order valence-electron chi connectivity index (χ4n) is 5.64. The molecule has 2 aromatic carbocycles. The normalized spacial score (nSPS) is 24.7. The molecule has 2 N–H and O–H groups in total. The lowest BCUT2D eigenvalue weighted by Crippen LogP contribution is -2.38. The van der Waals surface area contributed by atoms with Crippen molar-refractivity contribution in [1.82, 2.24) is 4.90 Å². The predicted molar refractivity (Wildman–Crippen MR) is 154 cm³/mol. The Balaban J connectivity index is 1.20. The Kier molecular flexibility index (Phi) is 11.9. The van der Waals surface area contributed by atoms with E-state index >= 15 is 0 Å². The lowest BCUT2D eigenvalue weighted by molar-refractivity contribution is -0.144. The number of esters is 1. The Labute approximate surface area is 237 Å². The second-order valence-corrected chi connectivity index (χ2v) is 11.2. The minimum absolute atomic E-state index is 0.0427. The Hall–Kier alpha value is -2.22. The molecule has 5 atom stereocenters. The van der Waals surface area contributed by atoms with E-state index in [2.05, 4.69) is 17.1 Å². The third-order valence-electron chi connectivity index (χ3n) is 7.89. The lowest BCUT2D eigenvalue weighted by atomic mass is 9.84. The SMILES string of the molecule is O=C(CCC/C=C\C[C@@H]1[C@@H](c2ccc(C(O)Cc3ccccc3)cc2)[C@H](O)C[C@H]1Cl)OCCN1CCOCC1. The van der Waals surface area contributed by atoms with Crippen molar-refractivity contribution >= 4 is 17.6 Å². The number of nitrogens with zero attached hydrogens (tertiary/aromatic N) is 1. The monoisotopic (exact) mass is 555 g/mol. The van der Waals surface area contributed by atoms with E-state index < -0.39 is 12.2 Å². The number of morpholine rings is 1. The molecule has 2 aliphatic rings. The predicted octanol–water partition coefficient (Wildman–Crippen LogP) is 5.03. The molecule has 1 aliphatic heterocycles. The van der Waals surface area contributed by atoms with Crippen molar-refractivity contribution in [3.63, 3.8) is 0 Å². The van der Waals surface area contributed by atoms with Crippen LogP contribution in [0.4, 0.5) is 0 Å². The molecular formula is C32H42ClNO5. The van der Waals surface area contributed by atoms with E-state index in [1.54, 1.807) is 0 Å². The summed E-state index contributed by atoms with van der Waals surface area (Å²) in [7, 11) is 0. The lowest BCUT2D eigenvalue weighted by Gasteiger charge is -2.26. The van der Waals surface area contributed by atoms with Gasteiger partial charge in [-0.3, -0.25) is 9.69 Å². The van der Waals surface area contributed by atoms with E-state index in [1.165, 1.54) is 0 Å². The van der Waals surface area contributed by atoms with E-state index in [1.807, 2.05) is 54.6 Å². The first-order chi connectivity index (χ1) is 19.0. The molecule has 0 amide bonds. The quantitative estimate of drug-likeness (QED) is 0.156. The summed E-state index contributed by atoms with van der Waals surface area (Å²) in [4.78, 5) is 14.3. The summed E-state index contributed by atoms with van der Waals surface area (Å²) in [5, 5.41) is 21.4. The standard InChI is InChI=1S/C32H42ClNO5/c33-28-23-30(36)32(26-14-12-25(13-15-26)29(35)22-24-8-4-3-5-9-24)27(28)10-6-1-2-7-11-31(37)39-21-18-34-16-19-38-20-17-34/h1,3-6,8-9,12-15,27-30,32,35-36H,2,7,10-11,16-23H2/b6-1-/t27-,28+,29?,30+,32+/m0/s1. The van der Waals surface area contributed by atoms with Crippen LogP contribution in [0.1, 0.15) is 60.8 Å². The number of allylic oxidation sites excluding steroid dienone is 2. The summed E-state index contributed by atoms with van der Waals surface area (Å²) in [6, 6.07) is 17.9. The molecule has 0 bridgehead atoms. The topological polar surface area (TPSA) is 79.2 Å². The number of carbonyl (C=O) groups excluding carboxylic acids is 1. The number of aliphatic hydroxyl groups excluding tert-OH is 2. The Bertz CT molecular complexity index is 1020. The highest BCUT2D eigenvalue weighted by molar-refractivity contribution is 6.21. The fourth-order valence-corrected chi connectivity index (χ4v) is 6.08. The van der Waals surface area contributed by atoms with Gasteiger partial charge in [0.25, 0.3) is 0 Å². The van der Waals surface area contributed by atoms with Crippen LogP contribution >= 0.6 is 11.6 Å². The number of carbonyl (C=O) groups is 1.